The first-order chi connectivity index (χ1) is 11.0. The molecule has 0 unspecified atom stereocenters. The van der Waals surface area contributed by atoms with Gasteiger partial charge in [0.1, 0.15) is 17.3 Å². The zero-order valence-corrected chi connectivity index (χ0v) is 15.7. The van der Waals surface area contributed by atoms with Gasteiger partial charge in [0.25, 0.3) is 5.91 Å². The molecule has 128 valence electrons. The van der Waals surface area contributed by atoms with Crippen molar-refractivity contribution in [3.05, 3.63) is 45.9 Å². The smallest absolute Gasteiger partial charge is 0.274 e. The molecule has 0 spiro atoms. The molecule has 2 aromatic rings. The average molecular weight is 347 g/mol. The van der Waals surface area contributed by atoms with E-state index in [0.717, 1.165) is 11.1 Å². The summed E-state index contributed by atoms with van der Waals surface area (Å²) in [5.41, 5.74) is 2.70. The van der Waals surface area contributed by atoms with Gasteiger partial charge in [-0.15, -0.1) is 0 Å². The average Bonchev–Trinajstić information content (AvgIpc) is 2.39. The molecule has 1 aromatic heterocycles. The van der Waals surface area contributed by atoms with Gasteiger partial charge in [0, 0.05) is 11.6 Å². The zero-order chi connectivity index (χ0) is 18.1. The molecule has 2 N–H and O–H groups in total. The van der Waals surface area contributed by atoms with Crippen molar-refractivity contribution in [1.82, 2.24) is 9.97 Å². The zero-order valence-electron chi connectivity index (χ0n) is 14.9. The van der Waals surface area contributed by atoms with Crippen LogP contribution in [0.15, 0.2) is 18.2 Å². The second-order valence-corrected chi connectivity index (χ2v) is 7.36. The molecule has 24 heavy (non-hydrogen) atoms. The predicted molar refractivity (Wildman–Crippen MR) is 99.0 cm³/mol. The summed E-state index contributed by atoms with van der Waals surface area (Å²) in [5, 5.41) is 6.62. The molecule has 0 fully saturated rings. The Labute approximate surface area is 147 Å². The third-order valence-electron chi connectivity index (χ3n) is 3.24. The highest BCUT2D eigenvalue weighted by Crippen LogP contribution is 2.27. The van der Waals surface area contributed by atoms with Crippen LogP contribution in [0.5, 0.6) is 0 Å². The van der Waals surface area contributed by atoms with E-state index in [4.69, 9.17) is 11.6 Å². The van der Waals surface area contributed by atoms with E-state index in [0.29, 0.717) is 28.0 Å². The van der Waals surface area contributed by atoms with Gasteiger partial charge in [-0.3, -0.25) is 4.79 Å². The molecule has 0 aliphatic carbocycles. The van der Waals surface area contributed by atoms with Gasteiger partial charge in [0.15, 0.2) is 0 Å². The second-order valence-electron chi connectivity index (χ2n) is 6.95. The fourth-order valence-corrected chi connectivity index (χ4v) is 2.75. The standard InChI is InChI=1S/C18H23ClN4O/c1-10-7-11(2)16(13(19)8-10)22-17(24)14-9-15(21-12(3)20-14)23-18(4,5)6/h7-9H,1-6H3,(H,22,24)(H,20,21,23). The Morgan fingerprint density at radius 3 is 2.33 bits per heavy atom. The number of hydrogen-bond acceptors (Lipinski definition) is 4. The van der Waals surface area contributed by atoms with Crippen LogP contribution in [0.25, 0.3) is 0 Å². The number of carbonyl (C=O) groups is 1. The lowest BCUT2D eigenvalue weighted by Gasteiger charge is -2.21. The van der Waals surface area contributed by atoms with E-state index < -0.39 is 0 Å². The Kier molecular flexibility index (Phi) is 5.13. The van der Waals surface area contributed by atoms with Gasteiger partial charge in [-0.05, 0) is 58.7 Å². The number of rotatable bonds is 3. The van der Waals surface area contributed by atoms with Crippen LogP contribution in [0.1, 0.15) is 48.2 Å². The van der Waals surface area contributed by atoms with Gasteiger partial charge in [0.2, 0.25) is 0 Å². The Morgan fingerprint density at radius 2 is 1.75 bits per heavy atom. The van der Waals surface area contributed by atoms with Crippen molar-refractivity contribution >= 4 is 29.0 Å². The lowest BCUT2D eigenvalue weighted by molar-refractivity contribution is 0.102. The second kappa shape index (κ2) is 6.77. The van der Waals surface area contributed by atoms with E-state index in [1.54, 1.807) is 13.0 Å². The van der Waals surface area contributed by atoms with E-state index >= 15 is 0 Å². The Hall–Kier alpha value is -2.14. The van der Waals surface area contributed by atoms with Crippen molar-refractivity contribution in [3.8, 4) is 0 Å². The Morgan fingerprint density at radius 1 is 1.08 bits per heavy atom. The topological polar surface area (TPSA) is 66.9 Å². The van der Waals surface area contributed by atoms with E-state index in [9.17, 15) is 4.79 Å². The molecule has 0 aliphatic heterocycles. The van der Waals surface area contributed by atoms with Gasteiger partial charge in [-0.2, -0.15) is 0 Å². The summed E-state index contributed by atoms with van der Waals surface area (Å²) in [6.45, 7) is 11.7. The molecule has 5 nitrogen and oxygen atoms in total. The fraction of sp³-hybridized carbons (Fsp3) is 0.389. The number of halogens is 1. The maximum Gasteiger partial charge on any atom is 0.274 e. The summed E-state index contributed by atoms with van der Waals surface area (Å²) in [6.07, 6.45) is 0. The Bertz CT molecular complexity index is 758. The van der Waals surface area contributed by atoms with Crippen LogP contribution in [0.3, 0.4) is 0 Å². The number of nitrogens with one attached hydrogen (secondary N) is 2. The number of aryl methyl sites for hydroxylation is 3. The number of hydrogen-bond donors (Lipinski definition) is 2. The monoisotopic (exact) mass is 346 g/mol. The number of aromatic nitrogens is 2. The number of carbonyl (C=O) groups excluding carboxylic acids is 1. The van der Waals surface area contributed by atoms with Crippen molar-refractivity contribution < 1.29 is 4.79 Å². The highest BCUT2D eigenvalue weighted by molar-refractivity contribution is 6.34. The van der Waals surface area contributed by atoms with Gasteiger partial charge in [0.05, 0.1) is 10.7 Å². The number of anilines is 2. The van der Waals surface area contributed by atoms with Crippen molar-refractivity contribution in [2.75, 3.05) is 10.6 Å². The molecular weight excluding hydrogens is 324 g/mol. The first-order valence-corrected chi connectivity index (χ1v) is 8.15. The SMILES string of the molecule is Cc1cc(C)c(NC(=O)c2cc(NC(C)(C)C)nc(C)n2)c(Cl)c1. The van der Waals surface area contributed by atoms with Crippen LogP contribution < -0.4 is 10.6 Å². The summed E-state index contributed by atoms with van der Waals surface area (Å²) in [7, 11) is 0. The molecular formula is C18H23ClN4O. The summed E-state index contributed by atoms with van der Waals surface area (Å²) >= 11 is 6.26. The van der Waals surface area contributed by atoms with E-state index in [1.807, 2.05) is 46.8 Å². The summed E-state index contributed by atoms with van der Waals surface area (Å²) in [5.74, 6) is 0.833. The summed E-state index contributed by atoms with van der Waals surface area (Å²) in [4.78, 5) is 21.1. The summed E-state index contributed by atoms with van der Waals surface area (Å²) < 4.78 is 0. The van der Waals surface area contributed by atoms with Crippen LogP contribution in [0, 0.1) is 20.8 Å². The molecule has 1 amide bonds. The highest BCUT2D eigenvalue weighted by atomic mass is 35.5. The quantitative estimate of drug-likeness (QED) is 0.857. The predicted octanol–water partition coefficient (Wildman–Crippen LogP) is 4.52. The molecule has 1 heterocycles. The highest BCUT2D eigenvalue weighted by Gasteiger charge is 2.16. The van der Waals surface area contributed by atoms with Crippen LogP contribution in [0.2, 0.25) is 5.02 Å². The third kappa shape index (κ3) is 4.68. The fourth-order valence-electron chi connectivity index (χ4n) is 2.38. The molecule has 1 aromatic carbocycles. The summed E-state index contributed by atoms with van der Waals surface area (Å²) in [6, 6.07) is 5.44. The Balaban J connectivity index is 2.31. The van der Waals surface area contributed by atoms with Crippen LogP contribution >= 0.6 is 11.6 Å². The van der Waals surface area contributed by atoms with Gasteiger partial charge in [-0.25, -0.2) is 9.97 Å². The van der Waals surface area contributed by atoms with Crippen molar-refractivity contribution in [1.29, 1.82) is 0 Å². The first kappa shape index (κ1) is 18.2. The lowest BCUT2D eigenvalue weighted by atomic mass is 10.1. The van der Waals surface area contributed by atoms with Crippen LogP contribution in [-0.4, -0.2) is 21.4 Å². The van der Waals surface area contributed by atoms with Crippen molar-refractivity contribution in [2.45, 2.75) is 47.1 Å². The minimum atomic E-state index is -0.314. The van der Waals surface area contributed by atoms with Crippen LogP contribution in [0.4, 0.5) is 11.5 Å². The number of nitrogens with zero attached hydrogens (tertiary/aromatic N) is 2. The van der Waals surface area contributed by atoms with E-state index in [1.165, 1.54) is 0 Å². The van der Waals surface area contributed by atoms with Crippen LogP contribution in [-0.2, 0) is 0 Å². The molecule has 2 rings (SSSR count). The maximum absolute atomic E-state index is 12.6. The lowest BCUT2D eigenvalue weighted by Crippen LogP contribution is -2.27. The molecule has 0 bridgehead atoms. The van der Waals surface area contributed by atoms with E-state index in [2.05, 4.69) is 20.6 Å². The molecule has 6 heteroatoms. The number of amides is 1. The normalized spacial score (nSPS) is 11.3. The van der Waals surface area contributed by atoms with E-state index in [-0.39, 0.29) is 11.4 Å². The van der Waals surface area contributed by atoms with Crippen molar-refractivity contribution in [2.24, 2.45) is 0 Å². The molecule has 0 saturated carbocycles. The molecule has 0 atom stereocenters. The van der Waals surface area contributed by atoms with Gasteiger partial charge < -0.3 is 10.6 Å². The molecule has 0 radical (unpaired) electrons. The molecule has 0 aliphatic rings. The van der Waals surface area contributed by atoms with Crippen molar-refractivity contribution in [3.63, 3.8) is 0 Å². The van der Waals surface area contributed by atoms with Gasteiger partial charge in [-0.1, -0.05) is 17.7 Å². The maximum atomic E-state index is 12.6. The minimum Gasteiger partial charge on any atom is -0.365 e. The third-order valence-corrected chi connectivity index (χ3v) is 3.54. The minimum absolute atomic E-state index is 0.161. The largest absolute Gasteiger partial charge is 0.365 e. The first-order valence-electron chi connectivity index (χ1n) is 7.77. The molecule has 0 saturated heterocycles. The number of benzene rings is 1. The van der Waals surface area contributed by atoms with Gasteiger partial charge >= 0.3 is 0 Å².